The van der Waals surface area contributed by atoms with Crippen LogP contribution in [0.5, 0.6) is 0 Å². The normalized spacial score (nSPS) is 10.3. The summed E-state index contributed by atoms with van der Waals surface area (Å²) < 4.78 is 4.62. The van der Waals surface area contributed by atoms with Gasteiger partial charge in [0.2, 0.25) is 0 Å². The second kappa shape index (κ2) is 5.97. The number of thiazole rings is 1. The maximum absolute atomic E-state index is 11.3. The second-order valence-electron chi connectivity index (χ2n) is 3.61. The van der Waals surface area contributed by atoms with Crippen molar-refractivity contribution in [1.29, 1.82) is 0 Å². The minimum Gasteiger partial charge on any atom is -0.464 e. The van der Waals surface area contributed by atoms with Gasteiger partial charge in [-0.1, -0.05) is 6.92 Å². The molecule has 18 heavy (non-hydrogen) atoms. The van der Waals surface area contributed by atoms with Crippen molar-refractivity contribution in [2.24, 2.45) is 0 Å². The molecule has 96 valence electrons. The number of thiophene rings is 1. The zero-order chi connectivity index (χ0) is 13.0. The van der Waals surface area contributed by atoms with Gasteiger partial charge in [0.05, 0.1) is 13.7 Å². The number of carbonyl (C=O) groups is 1. The molecule has 0 aliphatic heterocycles. The molecule has 0 saturated heterocycles. The van der Waals surface area contributed by atoms with Crippen LogP contribution in [-0.2, 0) is 17.7 Å². The van der Waals surface area contributed by atoms with Gasteiger partial charge in [0.15, 0.2) is 10.8 Å². The van der Waals surface area contributed by atoms with E-state index in [1.807, 2.05) is 0 Å². The highest BCUT2D eigenvalue weighted by molar-refractivity contribution is 7.14. The minimum absolute atomic E-state index is 0.354. The molecule has 0 aromatic carbocycles. The predicted octanol–water partition coefficient (Wildman–Crippen LogP) is 3.17. The van der Waals surface area contributed by atoms with Crippen LogP contribution in [0.2, 0.25) is 0 Å². The van der Waals surface area contributed by atoms with Gasteiger partial charge in [0.1, 0.15) is 0 Å². The molecule has 6 heteroatoms. The molecule has 0 fully saturated rings. The molecular weight excluding hydrogens is 268 g/mol. The summed E-state index contributed by atoms with van der Waals surface area (Å²) in [5, 5.41) is 7.77. The summed E-state index contributed by atoms with van der Waals surface area (Å²) in [6.45, 7) is 2.89. The lowest BCUT2D eigenvalue weighted by molar-refractivity contribution is 0.0595. The Labute approximate surface area is 114 Å². The Balaban J connectivity index is 1.98. The van der Waals surface area contributed by atoms with E-state index >= 15 is 0 Å². The lowest BCUT2D eigenvalue weighted by atomic mass is 10.2. The minimum atomic E-state index is -0.398. The standard InChI is InChI=1S/C12H14N2O2S2/c1-3-8-4-5-17-10(8)6-13-12-14-9(7-18-12)11(15)16-2/h4-5,7H,3,6H2,1-2H3,(H,13,14). The Kier molecular flexibility index (Phi) is 4.33. The molecule has 0 atom stereocenters. The number of carbonyl (C=O) groups excluding carboxylic acids is 1. The average molecular weight is 282 g/mol. The van der Waals surface area contributed by atoms with Crippen molar-refractivity contribution in [2.45, 2.75) is 19.9 Å². The molecule has 0 bridgehead atoms. The van der Waals surface area contributed by atoms with E-state index in [-0.39, 0.29) is 0 Å². The summed E-state index contributed by atoms with van der Waals surface area (Å²) in [6.07, 6.45) is 1.03. The molecule has 0 aliphatic carbocycles. The Morgan fingerprint density at radius 3 is 3.06 bits per heavy atom. The molecule has 0 spiro atoms. The van der Waals surface area contributed by atoms with Crippen molar-refractivity contribution in [1.82, 2.24) is 4.98 Å². The summed E-state index contributed by atoms with van der Waals surface area (Å²) in [4.78, 5) is 16.7. The summed E-state index contributed by atoms with van der Waals surface area (Å²) in [5.41, 5.74) is 1.71. The van der Waals surface area contributed by atoms with E-state index in [0.717, 1.165) is 18.1 Å². The smallest absolute Gasteiger partial charge is 0.357 e. The van der Waals surface area contributed by atoms with Crippen LogP contribution in [-0.4, -0.2) is 18.1 Å². The Bertz CT molecular complexity index is 534. The number of nitrogens with one attached hydrogen (secondary N) is 1. The Morgan fingerprint density at radius 1 is 1.50 bits per heavy atom. The first-order valence-corrected chi connectivity index (χ1v) is 7.33. The van der Waals surface area contributed by atoms with Crippen molar-refractivity contribution >= 4 is 33.8 Å². The number of hydrogen-bond acceptors (Lipinski definition) is 6. The van der Waals surface area contributed by atoms with Crippen molar-refractivity contribution in [3.63, 3.8) is 0 Å². The predicted molar refractivity (Wildman–Crippen MR) is 74.5 cm³/mol. The van der Waals surface area contributed by atoms with Gasteiger partial charge in [-0.3, -0.25) is 0 Å². The maximum atomic E-state index is 11.3. The van der Waals surface area contributed by atoms with Gasteiger partial charge in [0, 0.05) is 10.3 Å². The van der Waals surface area contributed by atoms with Gasteiger partial charge in [0.25, 0.3) is 0 Å². The number of rotatable bonds is 5. The Morgan fingerprint density at radius 2 is 2.33 bits per heavy atom. The van der Waals surface area contributed by atoms with Gasteiger partial charge >= 0.3 is 5.97 Å². The van der Waals surface area contributed by atoms with Crippen LogP contribution in [0, 0.1) is 0 Å². The fourth-order valence-electron chi connectivity index (χ4n) is 1.55. The molecule has 2 heterocycles. The SMILES string of the molecule is CCc1ccsc1CNc1nc(C(=O)OC)cs1. The first-order chi connectivity index (χ1) is 8.74. The summed E-state index contributed by atoms with van der Waals surface area (Å²) in [5.74, 6) is -0.398. The fourth-order valence-corrected chi connectivity index (χ4v) is 3.14. The molecule has 1 N–H and O–H groups in total. The number of aryl methyl sites for hydroxylation is 1. The first kappa shape index (κ1) is 13.0. The second-order valence-corrected chi connectivity index (χ2v) is 5.46. The van der Waals surface area contributed by atoms with E-state index in [1.165, 1.54) is 28.9 Å². The number of hydrogen-bond donors (Lipinski definition) is 1. The third-order valence-corrected chi connectivity index (χ3v) is 4.28. The van der Waals surface area contributed by atoms with E-state index in [0.29, 0.717) is 5.69 Å². The van der Waals surface area contributed by atoms with Crippen LogP contribution in [0.1, 0.15) is 27.9 Å². The topological polar surface area (TPSA) is 51.2 Å². The molecule has 0 aliphatic rings. The number of anilines is 1. The quantitative estimate of drug-likeness (QED) is 0.856. The van der Waals surface area contributed by atoms with Crippen molar-refractivity contribution in [3.05, 3.63) is 33.0 Å². The van der Waals surface area contributed by atoms with Gasteiger partial charge in [-0.15, -0.1) is 22.7 Å². The molecule has 0 amide bonds. The van der Waals surface area contributed by atoms with Crippen LogP contribution in [0.25, 0.3) is 0 Å². The van der Waals surface area contributed by atoms with E-state index in [1.54, 1.807) is 16.7 Å². The van der Waals surface area contributed by atoms with E-state index in [2.05, 4.69) is 33.4 Å². The number of ether oxygens (including phenoxy) is 1. The van der Waals surface area contributed by atoms with Gasteiger partial charge in [-0.25, -0.2) is 9.78 Å². The van der Waals surface area contributed by atoms with Crippen molar-refractivity contribution in [3.8, 4) is 0 Å². The van der Waals surface area contributed by atoms with E-state index < -0.39 is 5.97 Å². The molecule has 2 aromatic heterocycles. The lowest BCUT2D eigenvalue weighted by Crippen LogP contribution is -2.03. The highest BCUT2D eigenvalue weighted by Crippen LogP contribution is 2.21. The summed E-state index contributed by atoms with van der Waals surface area (Å²) >= 11 is 3.14. The van der Waals surface area contributed by atoms with Gasteiger partial charge < -0.3 is 10.1 Å². The zero-order valence-corrected chi connectivity index (χ0v) is 11.9. The number of methoxy groups -OCH3 is 1. The molecule has 0 saturated carbocycles. The number of aromatic nitrogens is 1. The van der Waals surface area contributed by atoms with Crippen LogP contribution in [0.4, 0.5) is 5.13 Å². The number of esters is 1. The zero-order valence-electron chi connectivity index (χ0n) is 10.2. The molecule has 0 radical (unpaired) electrons. The molecular formula is C12H14N2O2S2. The molecule has 2 rings (SSSR count). The largest absolute Gasteiger partial charge is 0.464 e. The fraction of sp³-hybridized carbons (Fsp3) is 0.333. The van der Waals surface area contributed by atoms with Crippen LogP contribution >= 0.6 is 22.7 Å². The highest BCUT2D eigenvalue weighted by Gasteiger charge is 2.10. The highest BCUT2D eigenvalue weighted by atomic mass is 32.1. The first-order valence-electron chi connectivity index (χ1n) is 5.57. The van der Waals surface area contributed by atoms with Gasteiger partial charge in [-0.2, -0.15) is 0 Å². The Hall–Kier alpha value is -1.40. The van der Waals surface area contributed by atoms with E-state index in [4.69, 9.17) is 0 Å². The van der Waals surface area contributed by atoms with Crippen LogP contribution in [0.3, 0.4) is 0 Å². The third-order valence-electron chi connectivity index (χ3n) is 2.52. The lowest BCUT2D eigenvalue weighted by Gasteiger charge is -2.02. The summed E-state index contributed by atoms with van der Waals surface area (Å²) in [6, 6.07) is 2.14. The van der Waals surface area contributed by atoms with Crippen LogP contribution in [0.15, 0.2) is 16.8 Å². The summed E-state index contributed by atoms with van der Waals surface area (Å²) in [7, 11) is 1.36. The average Bonchev–Trinajstić information content (AvgIpc) is 3.03. The third kappa shape index (κ3) is 2.88. The number of nitrogens with zero attached hydrogens (tertiary/aromatic N) is 1. The van der Waals surface area contributed by atoms with Crippen LogP contribution < -0.4 is 5.32 Å². The van der Waals surface area contributed by atoms with Crippen molar-refractivity contribution < 1.29 is 9.53 Å². The van der Waals surface area contributed by atoms with E-state index in [9.17, 15) is 4.79 Å². The maximum Gasteiger partial charge on any atom is 0.357 e. The molecule has 2 aromatic rings. The van der Waals surface area contributed by atoms with Crippen molar-refractivity contribution in [2.75, 3.05) is 12.4 Å². The van der Waals surface area contributed by atoms with Gasteiger partial charge in [-0.05, 0) is 23.4 Å². The molecule has 4 nitrogen and oxygen atoms in total. The monoisotopic (exact) mass is 282 g/mol. The molecule has 0 unspecified atom stereocenters.